The molecule has 2 rings (SSSR count). The predicted molar refractivity (Wildman–Crippen MR) is 89.2 cm³/mol. The van der Waals surface area contributed by atoms with Crippen molar-refractivity contribution in [1.82, 2.24) is 15.5 Å². The Hall–Kier alpha value is -0.910. The van der Waals surface area contributed by atoms with Crippen molar-refractivity contribution in [2.45, 2.75) is 32.4 Å². The van der Waals surface area contributed by atoms with Crippen LogP contribution in [0.4, 0.5) is 0 Å². The minimum absolute atomic E-state index is 0.00721. The Bertz CT molecular complexity index is 481. The SMILES string of the molecule is C[C@H](NC(=O)C(C)(C)N1CCNCC1)c1ccc(Br)cc1. The number of nitrogens with one attached hydrogen (secondary N) is 2. The Balaban J connectivity index is 2.00. The zero-order valence-corrected chi connectivity index (χ0v) is 14.5. The standard InChI is InChI=1S/C16H24BrN3O/c1-12(13-4-6-14(17)7-5-13)19-15(21)16(2,3)20-10-8-18-9-11-20/h4-7,12,18H,8-11H2,1-3H3,(H,19,21)/t12-/m0/s1. The topological polar surface area (TPSA) is 44.4 Å². The van der Waals surface area contributed by atoms with Crippen LogP contribution in [0.2, 0.25) is 0 Å². The molecule has 1 saturated heterocycles. The summed E-state index contributed by atoms with van der Waals surface area (Å²) < 4.78 is 1.05. The smallest absolute Gasteiger partial charge is 0.240 e. The van der Waals surface area contributed by atoms with Crippen molar-refractivity contribution in [2.24, 2.45) is 0 Å². The second-order valence-electron chi connectivity index (χ2n) is 6.04. The molecule has 116 valence electrons. The van der Waals surface area contributed by atoms with Gasteiger partial charge in [0, 0.05) is 30.7 Å². The molecule has 0 aromatic heterocycles. The van der Waals surface area contributed by atoms with E-state index in [1.165, 1.54) is 0 Å². The summed E-state index contributed by atoms with van der Waals surface area (Å²) >= 11 is 3.43. The summed E-state index contributed by atoms with van der Waals surface area (Å²) in [7, 11) is 0. The molecule has 4 nitrogen and oxygen atoms in total. The van der Waals surface area contributed by atoms with Gasteiger partial charge in [-0.2, -0.15) is 0 Å². The molecule has 0 radical (unpaired) electrons. The number of carbonyl (C=O) groups excluding carboxylic acids is 1. The Morgan fingerprint density at radius 1 is 1.29 bits per heavy atom. The maximum atomic E-state index is 12.6. The molecule has 1 atom stereocenters. The molecule has 1 aliphatic heterocycles. The van der Waals surface area contributed by atoms with Gasteiger partial charge in [0.1, 0.15) is 0 Å². The third-order valence-electron chi connectivity index (χ3n) is 4.18. The van der Waals surface area contributed by atoms with E-state index in [1.54, 1.807) is 0 Å². The normalized spacial score (nSPS) is 18.3. The molecule has 1 fully saturated rings. The largest absolute Gasteiger partial charge is 0.348 e. The molecule has 0 saturated carbocycles. The summed E-state index contributed by atoms with van der Waals surface area (Å²) in [5, 5.41) is 6.46. The molecule has 1 amide bonds. The number of amides is 1. The van der Waals surface area contributed by atoms with Gasteiger partial charge in [0.05, 0.1) is 11.6 Å². The van der Waals surface area contributed by atoms with Crippen molar-refractivity contribution in [3.63, 3.8) is 0 Å². The number of halogens is 1. The first-order chi connectivity index (χ1) is 9.91. The van der Waals surface area contributed by atoms with Crippen molar-refractivity contribution in [3.8, 4) is 0 Å². The molecule has 0 unspecified atom stereocenters. The van der Waals surface area contributed by atoms with E-state index < -0.39 is 5.54 Å². The van der Waals surface area contributed by atoms with Crippen LogP contribution in [0.3, 0.4) is 0 Å². The van der Waals surface area contributed by atoms with Gasteiger partial charge < -0.3 is 10.6 Å². The lowest BCUT2D eigenvalue weighted by Gasteiger charge is -2.40. The van der Waals surface area contributed by atoms with Gasteiger partial charge in [0.15, 0.2) is 0 Å². The molecular weight excluding hydrogens is 330 g/mol. The first-order valence-corrected chi connectivity index (χ1v) is 8.23. The van der Waals surface area contributed by atoms with Crippen LogP contribution in [0.5, 0.6) is 0 Å². The minimum atomic E-state index is -0.480. The van der Waals surface area contributed by atoms with Gasteiger partial charge in [-0.1, -0.05) is 28.1 Å². The number of hydrogen-bond acceptors (Lipinski definition) is 3. The number of nitrogens with zero attached hydrogens (tertiary/aromatic N) is 1. The third kappa shape index (κ3) is 4.05. The number of hydrogen-bond donors (Lipinski definition) is 2. The van der Waals surface area contributed by atoms with Crippen LogP contribution in [-0.4, -0.2) is 42.5 Å². The van der Waals surface area contributed by atoms with Crippen molar-refractivity contribution in [3.05, 3.63) is 34.3 Å². The summed E-state index contributed by atoms with van der Waals surface area (Å²) in [6.45, 7) is 9.73. The maximum absolute atomic E-state index is 12.6. The summed E-state index contributed by atoms with van der Waals surface area (Å²) in [6.07, 6.45) is 0. The van der Waals surface area contributed by atoms with E-state index in [0.29, 0.717) is 0 Å². The van der Waals surface area contributed by atoms with Gasteiger partial charge in [-0.05, 0) is 38.5 Å². The van der Waals surface area contributed by atoms with Crippen molar-refractivity contribution >= 4 is 21.8 Å². The lowest BCUT2D eigenvalue weighted by Crippen LogP contribution is -2.60. The molecule has 5 heteroatoms. The van der Waals surface area contributed by atoms with Gasteiger partial charge in [0.2, 0.25) is 5.91 Å². The second kappa shape index (κ2) is 6.90. The van der Waals surface area contributed by atoms with Crippen LogP contribution < -0.4 is 10.6 Å². The molecule has 1 aromatic carbocycles. The van der Waals surface area contributed by atoms with Gasteiger partial charge in [-0.25, -0.2) is 0 Å². The van der Waals surface area contributed by atoms with E-state index in [-0.39, 0.29) is 11.9 Å². The van der Waals surface area contributed by atoms with Crippen LogP contribution >= 0.6 is 15.9 Å². The van der Waals surface area contributed by atoms with Crippen LogP contribution in [-0.2, 0) is 4.79 Å². The molecular formula is C16H24BrN3O. The Kier molecular flexibility index (Phi) is 5.41. The van der Waals surface area contributed by atoms with Gasteiger partial charge >= 0.3 is 0 Å². The molecule has 0 bridgehead atoms. The average Bonchev–Trinajstić information content (AvgIpc) is 2.48. The fraction of sp³-hybridized carbons (Fsp3) is 0.562. The average molecular weight is 354 g/mol. The Morgan fingerprint density at radius 2 is 1.86 bits per heavy atom. The minimum Gasteiger partial charge on any atom is -0.348 e. The molecule has 0 spiro atoms. The number of benzene rings is 1. The first kappa shape index (κ1) is 16.5. The molecule has 1 heterocycles. The van der Waals surface area contributed by atoms with Gasteiger partial charge in [-0.3, -0.25) is 9.69 Å². The highest BCUT2D eigenvalue weighted by Crippen LogP contribution is 2.20. The van der Waals surface area contributed by atoms with E-state index in [1.807, 2.05) is 45.0 Å². The van der Waals surface area contributed by atoms with Crippen molar-refractivity contribution in [2.75, 3.05) is 26.2 Å². The molecule has 1 aliphatic rings. The summed E-state index contributed by atoms with van der Waals surface area (Å²) in [4.78, 5) is 14.9. The summed E-state index contributed by atoms with van der Waals surface area (Å²) in [5.41, 5.74) is 0.633. The molecule has 21 heavy (non-hydrogen) atoms. The fourth-order valence-corrected chi connectivity index (χ4v) is 2.84. The Labute approximate surface area is 135 Å². The number of rotatable bonds is 4. The van der Waals surface area contributed by atoms with E-state index >= 15 is 0 Å². The van der Waals surface area contributed by atoms with Gasteiger partial charge in [-0.15, -0.1) is 0 Å². The van der Waals surface area contributed by atoms with Crippen LogP contribution in [0.25, 0.3) is 0 Å². The predicted octanol–water partition coefficient (Wildman–Crippen LogP) is 2.31. The number of piperazine rings is 1. The third-order valence-corrected chi connectivity index (χ3v) is 4.71. The quantitative estimate of drug-likeness (QED) is 0.872. The zero-order chi connectivity index (χ0) is 15.5. The molecule has 2 N–H and O–H groups in total. The van der Waals surface area contributed by atoms with E-state index in [0.717, 1.165) is 36.2 Å². The van der Waals surface area contributed by atoms with E-state index in [4.69, 9.17) is 0 Å². The maximum Gasteiger partial charge on any atom is 0.240 e. The highest BCUT2D eigenvalue weighted by molar-refractivity contribution is 9.10. The zero-order valence-electron chi connectivity index (χ0n) is 12.9. The lowest BCUT2D eigenvalue weighted by molar-refractivity contribution is -0.132. The monoisotopic (exact) mass is 353 g/mol. The summed E-state index contributed by atoms with van der Waals surface area (Å²) in [5.74, 6) is 0.0832. The van der Waals surface area contributed by atoms with Crippen molar-refractivity contribution in [1.29, 1.82) is 0 Å². The van der Waals surface area contributed by atoms with E-state index in [2.05, 4.69) is 31.5 Å². The first-order valence-electron chi connectivity index (χ1n) is 7.43. The highest BCUT2D eigenvalue weighted by atomic mass is 79.9. The van der Waals surface area contributed by atoms with Crippen LogP contribution in [0.15, 0.2) is 28.7 Å². The van der Waals surface area contributed by atoms with E-state index in [9.17, 15) is 4.79 Å². The second-order valence-corrected chi connectivity index (χ2v) is 6.96. The van der Waals surface area contributed by atoms with Gasteiger partial charge in [0.25, 0.3) is 0 Å². The highest BCUT2D eigenvalue weighted by Gasteiger charge is 2.35. The fourth-order valence-electron chi connectivity index (χ4n) is 2.58. The number of carbonyl (C=O) groups is 1. The molecule has 0 aliphatic carbocycles. The van der Waals surface area contributed by atoms with Crippen LogP contribution in [0.1, 0.15) is 32.4 Å². The molecule has 1 aromatic rings. The summed E-state index contributed by atoms with van der Waals surface area (Å²) in [6, 6.07) is 8.08. The van der Waals surface area contributed by atoms with Crippen LogP contribution in [0, 0.1) is 0 Å². The lowest BCUT2D eigenvalue weighted by atomic mass is 9.99. The van der Waals surface area contributed by atoms with Crippen molar-refractivity contribution < 1.29 is 4.79 Å². The Morgan fingerprint density at radius 3 is 2.43 bits per heavy atom.